The van der Waals surface area contributed by atoms with Gasteiger partial charge in [0.2, 0.25) is 11.8 Å². The number of carboxylic acids is 1. The number of aliphatic imine (C=N–C) groups is 1. The van der Waals surface area contributed by atoms with Gasteiger partial charge in [-0.15, -0.1) is 11.8 Å². The van der Waals surface area contributed by atoms with Crippen molar-refractivity contribution in [2.75, 3.05) is 13.1 Å². The van der Waals surface area contributed by atoms with E-state index in [1.54, 1.807) is 0 Å². The maximum Gasteiger partial charge on any atom is 0.327 e. The van der Waals surface area contributed by atoms with E-state index in [4.69, 9.17) is 0 Å². The molecular weight excluding hydrogens is 364 g/mol. The molecule has 8 nitrogen and oxygen atoms in total. The van der Waals surface area contributed by atoms with Gasteiger partial charge in [-0.1, -0.05) is 11.8 Å². The highest BCUT2D eigenvalue weighted by Gasteiger charge is 2.64. The van der Waals surface area contributed by atoms with Crippen molar-refractivity contribution in [2.45, 2.75) is 42.5 Å². The molecule has 134 valence electrons. The maximum atomic E-state index is 12.4. The fraction of sp³-hybridized carbons (Fsp3) is 0.600. The molecule has 0 unspecified atom stereocenters. The fourth-order valence-electron chi connectivity index (χ4n) is 3.65. The molecule has 2 N–H and O–H groups in total. The van der Waals surface area contributed by atoms with Crippen molar-refractivity contribution in [2.24, 2.45) is 4.99 Å². The normalized spacial score (nSPS) is 31.9. The number of aliphatic carboxylic acids is 1. The minimum Gasteiger partial charge on any atom is -0.480 e. The lowest BCUT2D eigenvalue weighted by Crippen LogP contribution is -2.70. The molecule has 10 heteroatoms. The van der Waals surface area contributed by atoms with Crippen LogP contribution in [0, 0.1) is 0 Å². The molecule has 3 atom stereocenters. The van der Waals surface area contributed by atoms with Crippen LogP contribution >= 0.6 is 23.5 Å². The zero-order valence-corrected chi connectivity index (χ0v) is 15.4. The lowest BCUT2D eigenvalue weighted by molar-refractivity contribution is -0.161. The first-order valence-corrected chi connectivity index (χ1v) is 9.75. The SMILES string of the molecule is CC1(C)S[C@@H]2[C@H](NC(=O)CC3=CSC4=NCCN34)C(=O)N2[C@H]1C(=O)O. The van der Waals surface area contributed by atoms with Crippen molar-refractivity contribution in [1.82, 2.24) is 15.1 Å². The number of thioether (sulfide) groups is 2. The Labute approximate surface area is 153 Å². The molecule has 0 saturated carbocycles. The van der Waals surface area contributed by atoms with Crippen LogP contribution in [0.25, 0.3) is 0 Å². The van der Waals surface area contributed by atoms with Gasteiger partial charge in [-0.05, 0) is 19.3 Å². The van der Waals surface area contributed by atoms with E-state index in [-0.39, 0.29) is 23.6 Å². The molecule has 4 aliphatic rings. The van der Waals surface area contributed by atoms with Crippen LogP contribution in [0.15, 0.2) is 16.1 Å². The van der Waals surface area contributed by atoms with Crippen LogP contribution in [0.2, 0.25) is 0 Å². The van der Waals surface area contributed by atoms with Gasteiger partial charge in [0.15, 0.2) is 5.17 Å². The minimum absolute atomic E-state index is 0.193. The summed E-state index contributed by atoms with van der Waals surface area (Å²) in [4.78, 5) is 44.0. The summed E-state index contributed by atoms with van der Waals surface area (Å²) in [5.74, 6) is -1.55. The molecule has 4 aliphatic heterocycles. The highest BCUT2D eigenvalue weighted by Crippen LogP contribution is 2.50. The molecule has 4 rings (SSSR count). The van der Waals surface area contributed by atoms with Crippen LogP contribution in [0.1, 0.15) is 20.3 Å². The molecule has 25 heavy (non-hydrogen) atoms. The van der Waals surface area contributed by atoms with Gasteiger partial charge in [-0.25, -0.2) is 4.79 Å². The Kier molecular flexibility index (Phi) is 3.80. The van der Waals surface area contributed by atoms with E-state index in [0.29, 0.717) is 0 Å². The molecule has 0 aromatic rings. The zero-order valence-electron chi connectivity index (χ0n) is 13.8. The average Bonchev–Trinajstić information content (AvgIpc) is 3.18. The van der Waals surface area contributed by atoms with Gasteiger partial charge in [0, 0.05) is 17.0 Å². The number of nitrogens with one attached hydrogen (secondary N) is 1. The van der Waals surface area contributed by atoms with Gasteiger partial charge in [0.25, 0.3) is 0 Å². The van der Waals surface area contributed by atoms with Gasteiger partial charge in [0.1, 0.15) is 17.5 Å². The summed E-state index contributed by atoms with van der Waals surface area (Å²) in [5.41, 5.74) is 0.894. The summed E-state index contributed by atoms with van der Waals surface area (Å²) in [6, 6.07) is -1.51. The second-order valence-electron chi connectivity index (χ2n) is 6.86. The number of nitrogens with zero attached hydrogens (tertiary/aromatic N) is 3. The standard InChI is InChI=1S/C15H18N4O4S2/c1-15(2)10(13(22)23)19-11(21)9(12(19)25-15)17-8(20)5-7-6-24-14-16-3-4-18(7)14/h6,9-10,12H,3-5H2,1-2H3,(H,17,20)(H,22,23)/t9-,10+,12-/m1/s1. The first kappa shape index (κ1) is 16.8. The monoisotopic (exact) mass is 382 g/mol. The van der Waals surface area contributed by atoms with Crippen molar-refractivity contribution in [3.63, 3.8) is 0 Å². The summed E-state index contributed by atoms with van der Waals surface area (Å²) < 4.78 is -0.586. The first-order valence-electron chi connectivity index (χ1n) is 7.99. The number of hydrogen-bond acceptors (Lipinski definition) is 7. The quantitative estimate of drug-likeness (QED) is 0.673. The second kappa shape index (κ2) is 5.66. The van der Waals surface area contributed by atoms with Crippen molar-refractivity contribution in [1.29, 1.82) is 0 Å². The number of β-lactam (4-membered cyclic amide) rings is 1. The van der Waals surface area contributed by atoms with E-state index in [9.17, 15) is 19.5 Å². The van der Waals surface area contributed by atoms with E-state index in [1.807, 2.05) is 24.2 Å². The summed E-state index contributed by atoms with van der Waals surface area (Å²) in [6.45, 7) is 5.15. The van der Waals surface area contributed by atoms with Crippen molar-refractivity contribution in [3.8, 4) is 0 Å². The number of rotatable bonds is 4. The minimum atomic E-state index is -1.01. The number of amidine groups is 1. The third-order valence-electron chi connectivity index (χ3n) is 4.78. The Balaban J connectivity index is 1.40. The van der Waals surface area contributed by atoms with Crippen molar-refractivity contribution < 1.29 is 19.5 Å². The fourth-order valence-corrected chi connectivity index (χ4v) is 6.23. The Morgan fingerprint density at radius 1 is 1.48 bits per heavy atom. The van der Waals surface area contributed by atoms with Crippen LogP contribution in [0.5, 0.6) is 0 Å². The van der Waals surface area contributed by atoms with E-state index in [2.05, 4.69) is 10.3 Å². The van der Waals surface area contributed by atoms with Crippen LogP contribution in [0.3, 0.4) is 0 Å². The Hall–Kier alpha value is -1.68. The number of fused-ring (bicyclic) bond motifs is 2. The molecular formula is C15H18N4O4S2. The van der Waals surface area contributed by atoms with Gasteiger partial charge < -0.3 is 20.2 Å². The lowest BCUT2D eigenvalue weighted by atomic mass is 9.96. The van der Waals surface area contributed by atoms with Gasteiger partial charge in [0.05, 0.1) is 13.0 Å². The number of carbonyl (C=O) groups excluding carboxylic acids is 2. The third kappa shape index (κ3) is 2.53. The summed E-state index contributed by atoms with van der Waals surface area (Å²) in [5, 5.41) is 14.7. The molecule has 0 bridgehead atoms. The number of hydrogen-bond donors (Lipinski definition) is 2. The molecule has 2 amide bonds. The largest absolute Gasteiger partial charge is 0.480 e. The number of carbonyl (C=O) groups is 3. The Bertz CT molecular complexity index is 735. The van der Waals surface area contributed by atoms with Gasteiger partial charge in [-0.3, -0.25) is 14.6 Å². The molecule has 0 radical (unpaired) electrons. The van der Waals surface area contributed by atoms with E-state index in [1.165, 1.54) is 28.4 Å². The predicted octanol–water partition coefficient (Wildman–Crippen LogP) is 0.268. The summed E-state index contributed by atoms with van der Waals surface area (Å²) in [7, 11) is 0. The van der Waals surface area contributed by atoms with Crippen molar-refractivity contribution in [3.05, 3.63) is 11.1 Å². The summed E-state index contributed by atoms with van der Waals surface area (Å²) in [6.07, 6.45) is 0.193. The highest BCUT2D eigenvalue weighted by atomic mass is 32.2. The van der Waals surface area contributed by atoms with Crippen molar-refractivity contribution >= 4 is 46.5 Å². The lowest BCUT2D eigenvalue weighted by Gasteiger charge is -2.43. The van der Waals surface area contributed by atoms with Gasteiger partial charge in [-0.2, -0.15) is 0 Å². The smallest absolute Gasteiger partial charge is 0.327 e. The molecule has 4 heterocycles. The van der Waals surface area contributed by atoms with E-state index in [0.717, 1.165) is 24.0 Å². The highest BCUT2D eigenvalue weighted by molar-refractivity contribution is 8.16. The maximum absolute atomic E-state index is 12.4. The zero-order chi connectivity index (χ0) is 17.9. The Morgan fingerprint density at radius 3 is 2.96 bits per heavy atom. The molecule has 0 aliphatic carbocycles. The molecule has 0 spiro atoms. The summed E-state index contributed by atoms with van der Waals surface area (Å²) >= 11 is 2.94. The number of amides is 2. The third-order valence-corrected chi connectivity index (χ3v) is 7.30. The van der Waals surface area contributed by atoms with Crippen LogP contribution in [0.4, 0.5) is 0 Å². The molecule has 2 fully saturated rings. The van der Waals surface area contributed by atoms with Gasteiger partial charge >= 0.3 is 5.97 Å². The molecule has 0 aromatic heterocycles. The van der Waals surface area contributed by atoms with Crippen LogP contribution < -0.4 is 5.32 Å². The predicted molar refractivity (Wildman–Crippen MR) is 95.0 cm³/mol. The second-order valence-corrected chi connectivity index (χ2v) is 9.47. The topological polar surface area (TPSA) is 102 Å². The van der Waals surface area contributed by atoms with Crippen LogP contribution in [-0.2, 0) is 14.4 Å². The average molecular weight is 382 g/mol. The van der Waals surface area contributed by atoms with E-state index < -0.39 is 22.8 Å². The first-order chi connectivity index (χ1) is 11.8. The molecule has 0 aromatic carbocycles. The molecule has 2 saturated heterocycles. The van der Waals surface area contributed by atoms with Crippen LogP contribution in [-0.4, -0.2) is 73.2 Å². The number of carboxylic acid groups (broad SMARTS) is 1. The van der Waals surface area contributed by atoms with E-state index >= 15 is 0 Å². The Morgan fingerprint density at radius 2 is 2.24 bits per heavy atom.